The number of fused-ring (bicyclic) bond motifs is 1. The van der Waals surface area contributed by atoms with Crippen LogP contribution < -0.4 is 14.8 Å². The van der Waals surface area contributed by atoms with E-state index in [9.17, 15) is 14.3 Å². The lowest BCUT2D eigenvalue weighted by Crippen LogP contribution is -2.12. The van der Waals surface area contributed by atoms with Crippen molar-refractivity contribution >= 4 is 28.8 Å². The van der Waals surface area contributed by atoms with Crippen LogP contribution in [-0.4, -0.2) is 25.2 Å². The highest BCUT2D eigenvalue weighted by Gasteiger charge is 2.26. The summed E-state index contributed by atoms with van der Waals surface area (Å²) in [4.78, 5) is 13.0. The topological polar surface area (TPSA) is 67.8 Å². The zero-order chi connectivity index (χ0) is 25.3. The number of anilines is 1. The number of nitrogens with one attached hydrogen (secondary N) is 1. The molecule has 0 spiro atoms. The van der Waals surface area contributed by atoms with Gasteiger partial charge in [0.2, 0.25) is 11.7 Å². The Morgan fingerprint density at radius 3 is 2.26 bits per heavy atom. The Labute approximate surface area is 204 Å². The van der Waals surface area contributed by atoms with Crippen molar-refractivity contribution in [3.63, 3.8) is 0 Å². The molecule has 1 aliphatic carbocycles. The number of carbonyl (C=O) groups is 1. The van der Waals surface area contributed by atoms with Gasteiger partial charge in [0.05, 0.1) is 20.6 Å². The third-order valence-corrected chi connectivity index (χ3v) is 6.39. The molecule has 3 aromatic rings. The maximum atomic E-state index is 14.2. The van der Waals surface area contributed by atoms with Gasteiger partial charge in [-0.2, -0.15) is 0 Å². The predicted molar refractivity (Wildman–Crippen MR) is 137 cm³/mol. The van der Waals surface area contributed by atoms with Crippen molar-refractivity contribution in [3.05, 3.63) is 87.7 Å². The maximum Gasteiger partial charge on any atom is 0.228 e. The fourth-order valence-corrected chi connectivity index (χ4v) is 4.33. The predicted octanol–water partition coefficient (Wildman–Crippen LogP) is 6.52. The van der Waals surface area contributed by atoms with Crippen molar-refractivity contribution in [2.24, 2.45) is 0 Å². The van der Waals surface area contributed by atoms with E-state index in [2.05, 4.69) is 5.32 Å². The van der Waals surface area contributed by atoms with E-state index in [1.807, 2.05) is 45.0 Å². The minimum atomic E-state index is -0.363. The Hall–Kier alpha value is -4.06. The summed E-state index contributed by atoms with van der Waals surface area (Å²) in [5.41, 5.74) is 7.76. The van der Waals surface area contributed by atoms with Crippen molar-refractivity contribution in [3.8, 4) is 17.2 Å². The summed E-state index contributed by atoms with van der Waals surface area (Å²) in [6.45, 7) is 5.95. The Kier molecular flexibility index (Phi) is 6.65. The maximum absolute atomic E-state index is 14.2. The first-order valence-electron chi connectivity index (χ1n) is 11.3. The van der Waals surface area contributed by atoms with E-state index < -0.39 is 0 Å². The van der Waals surface area contributed by atoms with Gasteiger partial charge in [-0.25, -0.2) is 4.39 Å². The molecular formula is C29H28FNO4. The van der Waals surface area contributed by atoms with E-state index in [0.717, 1.165) is 44.7 Å². The fourth-order valence-electron chi connectivity index (χ4n) is 4.33. The normalized spacial score (nSPS) is 13.7. The molecule has 3 aromatic carbocycles. The number of aryl methyl sites for hydroxylation is 2. The number of benzene rings is 3. The number of carbonyl (C=O) groups excluding carboxylic acids is 1. The van der Waals surface area contributed by atoms with Gasteiger partial charge < -0.3 is 19.9 Å². The Bertz CT molecular complexity index is 1360. The second-order valence-corrected chi connectivity index (χ2v) is 8.65. The molecule has 0 aliphatic heterocycles. The zero-order valence-electron chi connectivity index (χ0n) is 20.5. The average molecular weight is 474 g/mol. The van der Waals surface area contributed by atoms with Gasteiger partial charge in [-0.1, -0.05) is 12.1 Å². The number of amides is 1. The highest BCUT2D eigenvalue weighted by Crippen LogP contribution is 2.45. The molecule has 0 saturated carbocycles. The molecule has 0 heterocycles. The number of aromatic hydroxyl groups is 1. The van der Waals surface area contributed by atoms with Crippen molar-refractivity contribution in [2.75, 3.05) is 19.5 Å². The number of halogens is 1. The summed E-state index contributed by atoms with van der Waals surface area (Å²) >= 11 is 0. The first kappa shape index (κ1) is 24.1. The number of methoxy groups -OCH3 is 2. The lowest BCUT2D eigenvalue weighted by Gasteiger charge is -2.11. The van der Waals surface area contributed by atoms with Gasteiger partial charge in [-0.15, -0.1) is 0 Å². The van der Waals surface area contributed by atoms with Gasteiger partial charge >= 0.3 is 0 Å². The number of allylic oxidation sites excluding steroid dienone is 2. The second-order valence-electron chi connectivity index (χ2n) is 8.65. The summed E-state index contributed by atoms with van der Waals surface area (Å²) < 4.78 is 24.8. The molecule has 180 valence electrons. The van der Waals surface area contributed by atoms with Gasteiger partial charge in [0.25, 0.3) is 0 Å². The molecule has 0 saturated heterocycles. The number of phenols is 1. The Balaban J connectivity index is 1.73. The Morgan fingerprint density at radius 1 is 0.943 bits per heavy atom. The summed E-state index contributed by atoms with van der Waals surface area (Å²) in [7, 11) is 2.94. The van der Waals surface area contributed by atoms with E-state index in [1.165, 1.54) is 26.4 Å². The molecule has 0 atom stereocenters. The molecule has 0 aromatic heterocycles. The van der Waals surface area contributed by atoms with Crippen molar-refractivity contribution < 1.29 is 23.8 Å². The molecule has 6 heteroatoms. The fraction of sp³-hybridized carbons (Fsp3) is 0.207. The van der Waals surface area contributed by atoms with Crippen LogP contribution in [0.1, 0.15) is 41.2 Å². The molecule has 2 N–H and O–H groups in total. The molecular weight excluding hydrogens is 445 g/mol. The van der Waals surface area contributed by atoms with E-state index in [1.54, 1.807) is 18.2 Å². The number of hydrogen-bond donors (Lipinski definition) is 2. The molecule has 1 aliphatic rings. The summed E-state index contributed by atoms with van der Waals surface area (Å²) in [5, 5.41) is 13.2. The van der Waals surface area contributed by atoms with Gasteiger partial charge in [0, 0.05) is 5.69 Å². The number of rotatable bonds is 6. The SMILES string of the molecule is COc1cc(C=C2C(C)=C(CC(=O)Nc3ccc(C)c(C)c3)c3cc(F)ccc32)cc(OC)c1O. The van der Waals surface area contributed by atoms with Gasteiger partial charge in [0.15, 0.2) is 11.5 Å². The highest BCUT2D eigenvalue weighted by atomic mass is 19.1. The molecule has 1 amide bonds. The molecule has 4 rings (SSSR count). The minimum absolute atomic E-state index is 0.0815. The standard InChI is InChI=1S/C29H28FNO4/c1-16-6-8-21(10-17(16)2)31-28(32)15-24-18(3)23(22-9-7-20(30)14-25(22)24)11-19-12-26(34-4)29(33)27(13-19)35-5/h6-14,33H,15H2,1-5H3,(H,31,32). The quantitative estimate of drug-likeness (QED) is 0.428. The summed E-state index contributed by atoms with van der Waals surface area (Å²) in [5.74, 6) is -0.0572. The molecule has 5 nitrogen and oxygen atoms in total. The highest BCUT2D eigenvalue weighted by molar-refractivity contribution is 6.10. The molecule has 0 fully saturated rings. The van der Waals surface area contributed by atoms with E-state index >= 15 is 0 Å². The lowest BCUT2D eigenvalue weighted by atomic mass is 10.00. The zero-order valence-corrected chi connectivity index (χ0v) is 20.5. The first-order chi connectivity index (χ1) is 16.7. The summed E-state index contributed by atoms with van der Waals surface area (Å²) in [6, 6.07) is 13.8. The van der Waals surface area contributed by atoms with Crippen molar-refractivity contribution in [1.29, 1.82) is 0 Å². The molecule has 0 unspecified atom stereocenters. The van der Waals surface area contributed by atoms with Crippen molar-refractivity contribution in [1.82, 2.24) is 0 Å². The van der Waals surface area contributed by atoms with Gasteiger partial charge in [-0.3, -0.25) is 4.79 Å². The first-order valence-corrected chi connectivity index (χ1v) is 11.3. The van der Waals surface area contributed by atoms with Crippen LogP contribution in [0.15, 0.2) is 54.1 Å². The number of phenolic OH excluding ortho intramolecular Hbond substituents is 1. The monoisotopic (exact) mass is 473 g/mol. The van der Waals surface area contributed by atoms with Crippen LogP contribution in [0.5, 0.6) is 17.2 Å². The smallest absolute Gasteiger partial charge is 0.228 e. The van der Waals surface area contributed by atoms with Crippen LogP contribution in [0.4, 0.5) is 10.1 Å². The molecule has 0 bridgehead atoms. The summed E-state index contributed by atoms with van der Waals surface area (Å²) in [6.07, 6.45) is 2.03. The van der Waals surface area contributed by atoms with E-state index in [-0.39, 0.29) is 35.4 Å². The molecule has 35 heavy (non-hydrogen) atoms. The van der Waals surface area contributed by atoms with Crippen LogP contribution in [0, 0.1) is 19.7 Å². The molecule has 0 radical (unpaired) electrons. The second kappa shape index (κ2) is 9.66. The van der Waals surface area contributed by atoms with E-state index in [4.69, 9.17) is 9.47 Å². The third-order valence-electron chi connectivity index (χ3n) is 6.39. The average Bonchev–Trinajstić information content (AvgIpc) is 3.07. The van der Waals surface area contributed by atoms with Gasteiger partial charge in [0.1, 0.15) is 5.82 Å². The number of ether oxygens (including phenoxy) is 2. The largest absolute Gasteiger partial charge is 0.502 e. The van der Waals surface area contributed by atoms with E-state index in [0.29, 0.717) is 5.56 Å². The number of hydrogen-bond acceptors (Lipinski definition) is 4. The Morgan fingerprint density at radius 2 is 1.63 bits per heavy atom. The van der Waals surface area contributed by atoms with Crippen LogP contribution in [0.25, 0.3) is 17.2 Å². The van der Waals surface area contributed by atoms with Crippen LogP contribution in [0.2, 0.25) is 0 Å². The lowest BCUT2D eigenvalue weighted by molar-refractivity contribution is -0.115. The third kappa shape index (κ3) is 4.78. The van der Waals surface area contributed by atoms with Crippen LogP contribution in [-0.2, 0) is 4.79 Å². The van der Waals surface area contributed by atoms with Crippen LogP contribution in [0.3, 0.4) is 0 Å². The van der Waals surface area contributed by atoms with Crippen LogP contribution >= 0.6 is 0 Å². The minimum Gasteiger partial charge on any atom is -0.502 e. The van der Waals surface area contributed by atoms with Gasteiger partial charge in [-0.05, 0) is 108 Å². The van der Waals surface area contributed by atoms with Crippen molar-refractivity contribution in [2.45, 2.75) is 27.2 Å².